The number of aromatic nitrogens is 1. The van der Waals surface area contributed by atoms with Crippen molar-refractivity contribution in [1.29, 1.82) is 0 Å². The molecule has 1 unspecified atom stereocenters. The number of nitrogens with zero attached hydrogens (tertiary/aromatic N) is 1. The molecule has 0 amide bonds. The second-order valence-electron chi connectivity index (χ2n) is 4.73. The summed E-state index contributed by atoms with van der Waals surface area (Å²) in [4.78, 5) is 20.3. The Morgan fingerprint density at radius 3 is 2.95 bits per heavy atom. The highest BCUT2D eigenvalue weighted by atomic mass is 16.6. The molecule has 0 saturated carbocycles. The number of benzene rings is 1. The standard InChI is InChI=1S/C16H16N2O3/c1-2-20-16(19)15-12(8-9-17-15)14-10-13(18-21-14)11-6-4-3-5-7-11/h3-9,14,17H,2,10H2,1H3. The first-order chi connectivity index (χ1) is 10.3. The van der Waals surface area contributed by atoms with Crippen molar-refractivity contribution in [1.82, 2.24) is 4.98 Å². The number of carbonyl (C=O) groups is 1. The van der Waals surface area contributed by atoms with E-state index in [1.165, 1.54) is 0 Å². The highest BCUT2D eigenvalue weighted by Crippen LogP contribution is 2.31. The Bertz CT molecular complexity index is 661. The van der Waals surface area contributed by atoms with Crippen LogP contribution >= 0.6 is 0 Å². The molecule has 21 heavy (non-hydrogen) atoms. The summed E-state index contributed by atoms with van der Waals surface area (Å²) >= 11 is 0. The van der Waals surface area contributed by atoms with Crippen LogP contribution in [0.5, 0.6) is 0 Å². The van der Waals surface area contributed by atoms with Crippen molar-refractivity contribution < 1.29 is 14.4 Å². The maximum absolute atomic E-state index is 11.9. The number of oxime groups is 1. The van der Waals surface area contributed by atoms with Crippen LogP contribution < -0.4 is 0 Å². The lowest BCUT2D eigenvalue weighted by molar-refractivity contribution is 0.0500. The quantitative estimate of drug-likeness (QED) is 0.878. The Morgan fingerprint density at radius 1 is 1.38 bits per heavy atom. The van der Waals surface area contributed by atoms with E-state index in [9.17, 15) is 4.79 Å². The zero-order chi connectivity index (χ0) is 14.7. The second kappa shape index (κ2) is 5.83. The van der Waals surface area contributed by atoms with E-state index in [1.54, 1.807) is 13.1 Å². The number of carbonyl (C=O) groups excluding carboxylic acids is 1. The average molecular weight is 284 g/mol. The van der Waals surface area contributed by atoms with Gasteiger partial charge in [-0.25, -0.2) is 4.79 Å². The summed E-state index contributed by atoms with van der Waals surface area (Å²) in [5, 5.41) is 4.14. The zero-order valence-electron chi connectivity index (χ0n) is 11.7. The molecular weight excluding hydrogens is 268 g/mol. The molecule has 5 nitrogen and oxygen atoms in total. The van der Waals surface area contributed by atoms with E-state index in [1.807, 2.05) is 36.4 Å². The first kappa shape index (κ1) is 13.4. The van der Waals surface area contributed by atoms with Crippen LogP contribution in [-0.4, -0.2) is 23.3 Å². The van der Waals surface area contributed by atoms with Gasteiger partial charge < -0.3 is 14.6 Å². The maximum atomic E-state index is 11.9. The first-order valence-electron chi connectivity index (χ1n) is 6.92. The molecule has 5 heteroatoms. The largest absolute Gasteiger partial charge is 0.461 e. The normalized spacial score (nSPS) is 17.2. The fraction of sp³-hybridized carbons (Fsp3) is 0.250. The van der Waals surface area contributed by atoms with Crippen LogP contribution in [0.4, 0.5) is 0 Å². The van der Waals surface area contributed by atoms with Crippen LogP contribution in [-0.2, 0) is 9.57 Å². The Balaban J connectivity index is 1.77. The zero-order valence-corrected chi connectivity index (χ0v) is 11.7. The van der Waals surface area contributed by atoms with Crippen LogP contribution in [0, 0.1) is 0 Å². The van der Waals surface area contributed by atoms with Crippen LogP contribution in [0.3, 0.4) is 0 Å². The lowest BCUT2D eigenvalue weighted by Crippen LogP contribution is -2.10. The number of rotatable bonds is 4. The number of ether oxygens (including phenoxy) is 1. The molecule has 1 aromatic heterocycles. The minimum Gasteiger partial charge on any atom is -0.461 e. The Kier molecular flexibility index (Phi) is 3.73. The van der Waals surface area contributed by atoms with Crippen LogP contribution in [0.1, 0.15) is 41.1 Å². The van der Waals surface area contributed by atoms with E-state index in [4.69, 9.17) is 9.57 Å². The van der Waals surface area contributed by atoms with Crippen LogP contribution in [0.15, 0.2) is 47.8 Å². The molecule has 0 fully saturated rings. The summed E-state index contributed by atoms with van der Waals surface area (Å²) in [6.07, 6.45) is 2.09. The molecule has 0 spiro atoms. The molecular formula is C16H16N2O3. The SMILES string of the molecule is CCOC(=O)c1[nH]ccc1C1CC(c2ccccc2)=NO1. The minimum absolute atomic E-state index is 0.258. The molecule has 108 valence electrons. The minimum atomic E-state index is -0.366. The van der Waals surface area contributed by atoms with Crippen LogP contribution in [0.2, 0.25) is 0 Å². The van der Waals surface area contributed by atoms with Gasteiger partial charge in [0.05, 0.1) is 12.3 Å². The van der Waals surface area contributed by atoms with Crippen molar-refractivity contribution in [3.63, 3.8) is 0 Å². The van der Waals surface area contributed by atoms with Gasteiger partial charge in [0.1, 0.15) is 5.69 Å². The molecule has 1 aliphatic rings. The van der Waals surface area contributed by atoms with Gasteiger partial charge in [0.15, 0.2) is 6.10 Å². The summed E-state index contributed by atoms with van der Waals surface area (Å²) in [7, 11) is 0. The fourth-order valence-corrected chi connectivity index (χ4v) is 2.38. The first-order valence-corrected chi connectivity index (χ1v) is 6.92. The predicted molar refractivity (Wildman–Crippen MR) is 78.2 cm³/mol. The molecule has 1 atom stereocenters. The lowest BCUT2D eigenvalue weighted by atomic mass is 10.0. The van der Waals surface area contributed by atoms with E-state index in [-0.39, 0.29) is 12.1 Å². The summed E-state index contributed by atoms with van der Waals surface area (Å²) in [6, 6.07) is 11.7. The Labute approximate surface area is 122 Å². The third-order valence-electron chi connectivity index (χ3n) is 3.38. The Hall–Kier alpha value is -2.56. The van der Waals surface area contributed by atoms with Gasteiger partial charge in [-0.3, -0.25) is 0 Å². The smallest absolute Gasteiger partial charge is 0.355 e. The second-order valence-corrected chi connectivity index (χ2v) is 4.73. The lowest BCUT2D eigenvalue weighted by Gasteiger charge is -2.09. The van der Waals surface area contributed by atoms with Crippen LogP contribution in [0.25, 0.3) is 0 Å². The molecule has 0 aliphatic carbocycles. The maximum Gasteiger partial charge on any atom is 0.355 e. The van der Waals surface area contributed by atoms with Crippen molar-refractivity contribution in [3.8, 4) is 0 Å². The van der Waals surface area contributed by atoms with Gasteiger partial charge >= 0.3 is 5.97 Å². The van der Waals surface area contributed by atoms with Crippen molar-refractivity contribution in [2.24, 2.45) is 5.16 Å². The molecule has 1 aromatic carbocycles. The van der Waals surface area contributed by atoms with Gasteiger partial charge in [-0.05, 0) is 18.6 Å². The van der Waals surface area contributed by atoms with Gasteiger partial charge in [0.2, 0.25) is 0 Å². The summed E-state index contributed by atoms with van der Waals surface area (Å²) in [6.45, 7) is 2.12. The van der Waals surface area contributed by atoms with Gasteiger partial charge in [0, 0.05) is 18.2 Å². The third-order valence-corrected chi connectivity index (χ3v) is 3.38. The van der Waals surface area contributed by atoms with Crippen molar-refractivity contribution in [2.45, 2.75) is 19.4 Å². The molecule has 0 radical (unpaired) electrons. The summed E-state index contributed by atoms with van der Waals surface area (Å²) < 4.78 is 5.03. The van der Waals surface area contributed by atoms with E-state index in [2.05, 4.69) is 10.1 Å². The number of aromatic amines is 1. The third kappa shape index (κ3) is 2.67. The molecule has 3 rings (SSSR count). The highest BCUT2D eigenvalue weighted by Gasteiger charge is 2.28. The van der Waals surface area contributed by atoms with E-state index >= 15 is 0 Å². The average Bonchev–Trinajstić information content (AvgIpc) is 3.17. The summed E-state index contributed by atoms with van der Waals surface area (Å²) in [5.74, 6) is -0.366. The molecule has 2 aromatic rings. The molecule has 0 saturated heterocycles. The van der Waals surface area contributed by atoms with E-state index < -0.39 is 0 Å². The molecule has 1 N–H and O–H groups in total. The Morgan fingerprint density at radius 2 is 2.19 bits per heavy atom. The van der Waals surface area contributed by atoms with Crippen molar-refractivity contribution in [3.05, 3.63) is 59.4 Å². The number of hydrogen-bond acceptors (Lipinski definition) is 4. The van der Waals surface area contributed by atoms with E-state index in [0.29, 0.717) is 18.7 Å². The van der Waals surface area contributed by atoms with Gasteiger partial charge in [0.25, 0.3) is 0 Å². The van der Waals surface area contributed by atoms with Gasteiger partial charge in [-0.2, -0.15) is 0 Å². The number of hydrogen-bond donors (Lipinski definition) is 1. The van der Waals surface area contributed by atoms with Crippen molar-refractivity contribution in [2.75, 3.05) is 6.61 Å². The number of H-pyrrole nitrogens is 1. The highest BCUT2D eigenvalue weighted by molar-refractivity contribution is 6.01. The van der Waals surface area contributed by atoms with Gasteiger partial charge in [-0.15, -0.1) is 0 Å². The fourth-order valence-electron chi connectivity index (χ4n) is 2.38. The van der Waals surface area contributed by atoms with E-state index in [0.717, 1.165) is 16.8 Å². The molecule has 1 aliphatic heterocycles. The topological polar surface area (TPSA) is 63.7 Å². The molecule has 0 bridgehead atoms. The van der Waals surface area contributed by atoms with Crippen molar-refractivity contribution >= 4 is 11.7 Å². The van der Waals surface area contributed by atoms with Gasteiger partial charge in [-0.1, -0.05) is 35.5 Å². The summed E-state index contributed by atoms with van der Waals surface area (Å²) in [5.41, 5.74) is 3.14. The number of esters is 1. The number of nitrogens with one attached hydrogen (secondary N) is 1. The monoisotopic (exact) mass is 284 g/mol. The molecule has 2 heterocycles. The predicted octanol–water partition coefficient (Wildman–Crippen LogP) is 3.06.